The first kappa shape index (κ1) is 18.8. The van der Waals surface area contributed by atoms with Gasteiger partial charge >= 0.3 is 12.0 Å². The van der Waals surface area contributed by atoms with Crippen LogP contribution in [0.25, 0.3) is 0 Å². The van der Waals surface area contributed by atoms with E-state index >= 15 is 0 Å². The quantitative estimate of drug-likeness (QED) is 0.758. The first-order valence-electron chi connectivity index (χ1n) is 7.05. The number of hydrogen-bond acceptors (Lipinski definition) is 5. The third kappa shape index (κ3) is 6.19. The van der Waals surface area contributed by atoms with Crippen LogP contribution in [0.1, 0.15) is 30.6 Å². The minimum absolute atomic E-state index is 0.0724. The summed E-state index contributed by atoms with van der Waals surface area (Å²) < 4.78 is 16.4. The molecule has 0 saturated heterocycles. The van der Waals surface area contributed by atoms with Gasteiger partial charge in [-0.1, -0.05) is 19.1 Å². The largest absolute Gasteiger partial charge is 0.452 e. The van der Waals surface area contributed by atoms with E-state index in [1.165, 1.54) is 12.3 Å². The molecule has 3 amide bonds. The van der Waals surface area contributed by atoms with Gasteiger partial charge in [-0.2, -0.15) is 0 Å². The van der Waals surface area contributed by atoms with Gasteiger partial charge in [0, 0.05) is 12.3 Å². The molecular weight excluding hydrogens is 320 g/mol. The molecule has 2 N–H and O–H groups in total. The van der Waals surface area contributed by atoms with E-state index in [2.05, 4.69) is 10.6 Å². The van der Waals surface area contributed by atoms with E-state index in [9.17, 15) is 18.6 Å². The molecule has 1 aromatic rings. The van der Waals surface area contributed by atoms with Gasteiger partial charge in [-0.3, -0.25) is 14.3 Å². The molecule has 0 spiro atoms. The van der Waals surface area contributed by atoms with Crippen molar-refractivity contribution < 1.29 is 23.3 Å². The average Bonchev–Trinajstić information content (AvgIpc) is 2.52. The summed E-state index contributed by atoms with van der Waals surface area (Å²) in [4.78, 5) is 35.3. The minimum Gasteiger partial charge on any atom is -0.452 e. The Balaban J connectivity index is 2.55. The maximum atomic E-state index is 11.9. The van der Waals surface area contributed by atoms with Crippen LogP contribution in [0.4, 0.5) is 4.79 Å². The molecule has 0 aliphatic heterocycles. The summed E-state index contributed by atoms with van der Waals surface area (Å²) in [5, 5.41) is 4.62. The highest BCUT2D eigenvalue weighted by molar-refractivity contribution is 7.84. The summed E-state index contributed by atoms with van der Waals surface area (Å²) in [6, 6.07) is 5.55. The van der Waals surface area contributed by atoms with E-state index < -0.39 is 35.3 Å². The fourth-order valence-electron chi connectivity index (χ4n) is 1.62. The van der Waals surface area contributed by atoms with Gasteiger partial charge < -0.3 is 10.1 Å². The van der Waals surface area contributed by atoms with Crippen LogP contribution in [0.5, 0.6) is 0 Å². The van der Waals surface area contributed by atoms with E-state index in [1.54, 1.807) is 25.1 Å². The van der Waals surface area contributed by atoms with Gasteiger partial charge in [0.1, 0.15) is 0 Å². The highest BCUT2D eigenvalue weighted by atomic mass is 32.2. The van der Waals surface area contributed by atoms with Crippen LogP contribution in [-0.2, 0) is 20.3 Å². The van der Waals surface area contributed by atoms with Gasteiger partial charge in [-0.25, -0.2) is 9.59 Å². The third-order valence-corrected chi connectivity index (χ3v) is 3.97. The second kappa shape index (κ2) is 9.04. The van der Waals surface area contributed by atoms with Gasteiger partial charge in [0.05, 0.1) is 21.3 Å². The summed E-state index contributed by atoms with van der Waals surface area (Å²) in [6.45, 7) is 3.09. The number of rotatable bonds is 6. The zero-order chi connectivity index (χ0) is 17.4. The lowest BCUT2D eigenvalue weighted by molar-refractivity contribution is -0.123. The Labute approximate surface area is 137 Å². The summed E-state index contributed by atoms with van der Waals surface area (Å²) >= 11 is 0. The van der Waals surface area contributed by atoms with Crippen LogP contribution in [-0.4, -0.2) is 41.0 Å². The van der Waals surface area contributed by atoms with Crippen LogP contribution in [0, 0.1) is 0 Å². The predicted octanol–water partition coefficient (Wildman–Crippen LogP) is 1.21. The molecule has 0 aliphatic carbocycles. The molecule has 1 aromatic carbocycles. The number of ether oxygens (including phenoxy) is 1. The summed E-state index contributed by atoms with van der Waals surface area (Å²) in [7, 11) is -1.36. The van der Waals surface area contributed by atoms with Crippen LogP contribution >= 0.6 is 0 Å². The van der Waals surface area contributed by atoms with Crippen molar-refractivity contribution in [2.45, 2.75) is 31.2 Å². The Kier molecular flexibility index (Phi) is 7.40. The molecule has 7 nitrogen and oxygen atoms in total. The Bertz CT molecular complexity index is 618. The molecule has 2 atom stereocenters. The molecule has 0 heterocycles. The Hall–Kier alpha value is -2.22. The van der Waals surface area contributed by atoms with Crippen molar-refractivity contribution >= 4 is 28.7 Å². The highest BCUT2D eigenvalue weighted by Crippen LogP contribution is 2.13. The number of nitrogens with one attached hydrogen (secondary N) is 2. The molecule has 0 aliphatic rings. The van der Waals surface area contributed by atoms with E-state index in [-0.39, 0.29) is 11.6 Å². The highest BCUT2D eigenvalue weighted by Gasteiger charge is 2.17. The normalized spacial score (nSPS) is 12.8. The number of amides is 3. The molecule has 0 aromatic heterocycles. The van der Waals surface area contributed by atoms with Crippen LogP contribution < -0.4 is 10.6 Å². The summed E-state index contributed by atoms with van der Waals surface area (Å²) in [5.74, 6) is -1.51. The van der Waals surface area contributed by atoms with Gasteiger partial charge in [0.15, 0.2) is 6.61 Å². The lowest BCUT2D eigenvalue weighted by atomic mass is 10.2. The molecule has 126 valence electrons. The van der Waals surface area contributed by atoms with E-state index in [0.717, 1.165) is 6.42 Å². The lowest BCUT2D eigenvalue weighted by Gasteiger charge is -2.12. The van der Waals surface area contributed by atoms with E-state index in [4.69, 9.17) is 4.74 Å². The van der Waals surface area contributed by atoms with Crippen molar-refractivity contribution in [1.82, 2.24) is 10.6 Å². The maximum Gasteiger partial charge on any atom is 0.339 e. The second-order valence-corrected chi connectivity index (χ2v) is 6.21. The Morgan fingerprint density at radius 1 is 1.26 bits per heavy atom. The fraction of sp³-hybridized carbons (Fsp3) is 0.400. The van der Waals surface area contributed by atoms with Crippen molar-refractivity contribution in [2.75, 3.05) is 12.9 Å². The molecule has 0 unspecified atom stereocenters. The van der Waals surface area contributed by atoms with Crippen LogP contribution in [0.2, 0.25) is 0 Å². The molecule has 1 rings (SSSR count). The van der Waals surface area contributed by atoms with Crippen molar-refractivity contribution in [3.8, 4) is 0 Å². The lowest BCUT2D eigenvalue weighted by Crippen LogP contribution is -2.44. The number of imide groups is 1. The molecule has 0 fully saturated rings. The van der Waals surface area contributed by atoms with Crippen molar-refractivity contribution in [2.24, 2.45) is 0 Å². The summed E-state index contributed by atoms with van der Waals surface area (Å²) in [5.41, 5.74) is 0.130. The molecule has 0 radical (unpaired) electrons. The van der Waals surface area contributed by atoms with Crippen molar-refractivity contribution in [1.29, 1.82) is 0 Å². The Morgan fingerprint density at radius 2 is 1.91 bits per heavy atom. The first-order valence-corrected chi connectivity index (χ1v) is 8.60. The fourth-order valence-corrected chi connectivity index (χ4v) is 2.35. The van der Waals surface area contributed by atoms with E-state index in [0.29, 0.717) is 4.90 Å². The first-order chi connectivity index (χ1) is 10.8. The average molecular weight is 340 g/mol. The Morgan fingerprint density at radius 3 is 2.52 bits per heavy atom. The second-order valence-electron chi connectivity index (χ2n) is 4.86. The topological polar surface area (TPSA) is 102 Å². The SMILES string of the molecule is CC[C@@H](C)NC(=O)NC(=O)COC(=O)c1ccccc1[S@@](C)=O. The molecule has 0 bridgehead atoms. The van der Waals surface area contributed by atoms with Gasteiger partial charge in [-0.15, -0.1) is 0 Å². The zero-order valence-electron chi connectivity index (χ0n) is 13.3. The molecule has 8 heteroatoms. The molecule has 23 heavy (non-hydrogen) atoms. The number of carbonyl (C=O) groups excluding carboxylic acids is 3. The maximum absolute atomic E-state index is 11.9. The standard InChI is InChI=1S/C15H20N2O5S/c1-4-10(2)16-15(20)17-13(18)9-22-14(19)11-7-5-6-8-12(11)23(3)21/h5-8,10H,4,9H2,1-3H3,(H2,16,17,18,20)/t10-,23-/m1/s1. The zero-order valence-corrected chi connectivity index (χ0v) is 14.1. The molecule has 0 saturated carbocycles. The predicted molar refractivity (Wildman–Crippen MR) is 85.5 cm³/mol. The number of hydrogen-bond donors (Lipinski definition) is 2. The molecular formula is C15H20N2O5S. The number of urea groups is 1. The van der Waals surface area contributed by atoms with Crippen LogP contribution in [0.3, 0.4) is 0 Å². The number of benzene rings is 1. The summed E-state index contributed by atoms with van der Waals surface area (Å²) in [6.07, 6.45) is 2.17. The smallest absolute Gasteiger partial charge is 0.339 e. The third-order valence-electron chi connectivity index (χ3n) is 2.99. The van der Waals surface area contributed by atoms with Crippen molar-refractivity contribution in [3.63, 3.8) is 0 Å². The number of esters is 1. The van der Waals surface area contributed by atoms with Crippen LogP contribution in [0.15, 0.2) is 29.2 Å². The number of carbonyl (C=O) groups is 3. The van der Waals surface area contributed by atoms with Gasteiger partial charge in [0.2, 0.25) is 0 Å². The van der Waals surface area contributed by atoms with Gasteiger partial charge in [0.25, 0.3) is 5.91 Å². The minimum atomic E-state index is -1.36. The van der Waals surface area contributed by atoms with E-state index in [1.807, 2.05) is 6.92 Å². The monoisotopic (exact) mass is 340 g/mol. The van der Waals surface area contributed by atoms with Gasteiger partial charge in [-0.05, 0) is 25.5 Å². The van der Waals surface area contributed by atoms with Crippen molar-refractivity contribution in [3.05, 3.63) is 29.8 Å².